The molecule has 116 valence electrons. The smallest absolute Gasteiger partial charge is 0.170 e. The second kappa shape index (κ2) is 8.35. The van der Waals surface area contributed by atoms with Crippen LogP contribution in [-0.2, 0) is 0 Å². The Balaban J connectivity index is 1.64. The highest BCUT2D eigenvalue weighted by molar-refractivity contribution is 7.80. The average molecular weight is 306 g/mol. The fourth-order valence-electron chi connectivity index (χ4n) is 2.79. The molecule has 1 aliphatic heterocycles. The average Bonchev–Trinajstić information content (AvgIpc) is 2.97. The summed E-state index contributed by atoms with van der Waals surface area (Å²) in [6.07, 6.45) is 3.98. The van der Waals surface area contributed by atoms with Crippen LogP contribution in [0.3, 0.4) is 0 Å². The Bertz CT molecular complexity index is 436. The molecule has 21 heavy (non-hydrogen) atoms. The van der Waals surface area contributed by atoms with Crippen LogP contribution in [0, 0.1) is 0 Å². The number of likely N-dealkylation sites (tertiary alicyclic amines) is 1. The number of quaternary nitrogens is 1. The van der Waals surface area contributed by atoms with Gasteiger partial charge in [0.1, 0.15) is 0 Å². The van der Waals surface area contributed by atoms with Gasteiger partial charge in [0, 0.05) is 31.5 Å². The molecular formula is C17H28N3S+. The molecule has 1 heterocycles. The normalized spacial score (nSPS) is 15.4. The fraction of sp³-hybridized carbons (Fsp3) is 0.588. The predicted octanol–water partition coefficient (Wildman–Crippen LogP) is 2.17. The van der Waals surface area contributed by atoms with E-state index >= 15 is 0 Å². The third kappa shape index (κ3) is 5.64. The first-order valence-electron chi connectivity index (χ1n) is 8.13. The van der Waals surface area contributed by atoms with Crippen LogP contribution in [0.4, 0.5) is 5.69 Å². The second-order valence-corrected chi connectivity index (χ2v) is 6.63. The summed E-state index contributed by atoms with van der Waals surface area (Å²) < 4.78 is 0. The molecule has 0 spiro atoms. The highest BCUT2D eigenvalue weighted by Gasteiger charge is 2.13. The Hall–Kier alpha value is -1.13. The van der Waals surface area contributed by atoms with E-state index in [9.17, 15) is 0 Å². The zero-order valence-corrected chi connectivity index (χ0v) is 14.1. The van der Waals surface area contributed by atoms with Gasteiger partial charge in [-0.2, -0.15) is 0 Å². The van der Waals surface area contributed by atoms with Crippen LogP contribution < -0.4 is 15.5 Å². The quantitative estimate of drug-likeness (QED) is 0.556. The largest absolute Gasteiger partial charge is 0.362 e. The van der Waals surface area contributed by atoms with Crippen molar-refractivity contribution in [2.75, 3.05) is 31.5 Å². The number of rotatable bonds is 6. The topological polar surface area (TPSA) is 28.5 Å². The van der Waals surface area contributed by atoms with Crippen LogP contribution in [0.2, 0.25) is 0 Å². The van der Waals surface area contributed by atoms with Gasteiger partial charge in [0.15, 0.2) is 5.11 Å². The van der Waals surface area contributed by atoms with E-state index in [0.717, 1.165) is 17.3 Å². The molecule has 1 saturated heterocycles. The number of benzene rings is 1. The molecule has 0 saturated carbocycles. The van der Waals surface area contributed by atoms with E-state index < -0.39 is 0 Å². The maximum atomic E-state index is 5.34. The Morgan fingerprint density at radius 1 is 1.19 bits per heavy atom. The van der Waals surface area contributed by atoms with E-state index in [1.54, 1.807) is 4.90 Å². The van der Waals surface area contributed by atoms with Crippen LogP contribution in [0.15, 0.2) is 24.3 Å². The van der Waals surface area contributed by atoms with Gasteiger partial charge in [0.05, 0.1) is 19.6 Å². The van der Waals surface area contributed by atoms with Crippen molar-refractivity contribution in [1.29, 1.82) is 0 Å². The lowest BCUT2D eigenvalue weighted by Gasteiger charge is -2.14. The summed E-state index contributed by atoms with van der Waals surface area (Å²) in [5.41, 5.74) is 2.41. The summed E-state index contributed by atoms with van der Waals surface area (Å²) in [5, 5.41) is 7.28. The minimum atomic E-state index is 0.567. The highest BCUT2D eigenvalue weighted by Crippen LogP contribution is 2.16. The molecular weight excluding hydrogens is 278 g/mol. The molecule has 0 amide bonds. The van der Waals surface area contributed by atoms with Crippen molar-refractivity contribution in [3.63, 3.8) is 0 Å². The Labute approximate surface area is 134 Å². The number of nitrogens with one attached hydrogen (secondary N) is 3. The lowest BCUT2D eigenvalue weighted by atomic mass is 10.0. The van der Waals surface area contributed by atoms with E-state index in [1.165, 1.54) is 44.5 Å². The lowest BCUT2D eigenvalue weighted by Crippen LogP contribution is -3.10. The summed E-state index contributed by atoms with van der Waals surface area (Å²) in [6.45, 7) is 9.34. The van der Waals surface area contributed by atoms with E-state index in [1.807, 2.05) is 0 Å². The summed E-state index contributed by atoms with van der Waals surface area (Å²) in [6, 6.07) is 8.51. The Kier molecular flexibility index (Phi) is 6.46. The molecule has 3 nitrogen and oxygen atoms in total. The van der Waals surface area contributed by atoms with E-state index in [2.05, 4.69) is 48.7 Å². The summed E-state index contributed by atoms with van der Waals surface area (Å²) in [7, 11) is 0. The molecule has 0 atom stereocenters. The van der Waals surface area contributed by atoms with Crippen LogP contribution >= 0.6 is 12.2 Å². The van der Waals surface area contributed by atoms with Crippen molar-refractivity contribution in [3.8, 4) is 0 Å². The SMILES string of the molecule is CC(C)c1ccc(NC(=S)NCCC[NH+]2CCCC2)cc1. The van der Waals surface area contributed by atoms with Crippen LogP contribution in [0.25, 0.3) is 0 Å². The first-order chi connectivity index (χ1) is 10.1. The molecule has 2 rings (SSSR count). The molecule has 4 heteroatoms. The molecule has 0 radical (unpaired) electrons. The Morgan fingerprint density at radius 2 is 1.86 bits per heavy atom. The third-order valence-electron chi connectivity index (χ3n) is 4.14. The standard InChI is InChI=1S/C17H27N3S/c1-14(2)15-6-8-16(9-7-15)19-17(21)18-10-5-13-20-11-3-4-12-20/h6-9,14H,3-5,10-13H2,1-2H3,(H2,18,19,21)/p+1. The van der Waals surface area contributed by atoms with Crippen molar-refractivity contribution < 1.29 is 4.90 Å². The maximum Gasteiger partial charge on any atom is 0.170 e. The van der Waals surface area contributed by atoms with Gasteiger partial charge in [-0.15, -0.1) is 0 Å². The van der Waals surface area contributed by atoms with E-state index in [-0.39, 0.29) is 0 Å². The van der Waals surface area contributed by atoms with Gasteiger partial charge in [-0.3, -0.25) is 0 Å². The van der Waals surface area contributed by atoms with Crippen molar-refractivity contribution >= 4 is 23.0 Å². The van der Waals surface area contributed by atoms with Gasteiger partial charge in [-0.05, 0) is 35.8 Å². The molecule has 0 unspecified atom stereocenters. The number of hydrogen-bond donors (Lipinski definition) is 3. The van der Waals surface area contributed by atoms with Crippen LogP contribution in [-0.4, -0.2) is 31.3 Å². The van der Waals surface area contributed by atoms with E-state index in [4.69, 9.17) is 12.2 Å². The molecule has 1 fully saturated rings. The first kappa shape index (κ1) is 16.2. The second-order valence-electron chi connectivity index (χ2n) is 6.22. The zero-order valence-electron chi connectivity index (χ0n) is 13.2. The van der Waals surface area contributed by atoms with Gasteiger partial charge in [-0.25, -0.2) is 0 Å². The molecule has 1 aromatic carbocycles. The van der Waals surface area contributed by atoms with Crippen molar-refractivity contribution in [2.24, 2.45) is 0 Å². The number of anilines is 1. The number of hydrogen-bond acceptors (Lipinski definition) is 1. The van der Waals surface area contributed by atoms with Gasteiger partial charge in [-0.1, -0.05) is 26.0 Å². The monoisotopic (exact) mass is 306 g/mol. The van der Waals surface area contributed by atoms with Crippen molar-refractivity contribution in [3.05, 3.63) is 29.8 Å². The summed E-state index contributed by atoms with van der Waals surface area (Å²) in [4.78, 5) is 1.75. The molecule has 0 aliphatic carbocycles. The molecule has 1 aliphatic rings. The maximum absolute atomic E-state index is 5.34. The molecule has 1 aromatic rings. The van der Waals surface area contributed by atoms with Gasteiger partial charge in [0.2, 0.25) is 0 Å². The van der Waals surface area contributed by atoms with E-state index in [0.29, 0.717) is 5.92 Å². The Morgan fingerprint density at radius 3 is 2.48 bits per heavy atom. The van der Waals surface area contributed by atoms with Gasteiger partial charge < -0.3 is 15.5 Å². The highest BCUT2D eigenvalue weighted by atomic mass is 32.1. The van der Waals surface area contributed by atoms with Crippen LogP contribution in [0.5, 0.6) is 0 Å². The minimum absolute atomic E-state index is 0.567. The minimum Gasteiger partial charge on any atom is -0.362 e. The summed E-state index contributed by atoms with van der Waals surface area (Å²) in [5.74, 6) is 0.567. The van der Waals surface area contributed by atoms with Gasteiger partial charge in [0.25, 0.3) is 0 Å². The number of thiocarbonyl (C=S) groups is 1. The van der Waals surface area contributed by atoms with Crippen molar-refractivity contribution in [1.82, 2.24) is 5.32 Å². The summed E-state index contributed by atoms with van der Waals surface area (Å²) >= 11 is 5.34. The fourth-order valence-corrected chi connectivity index (χ4v) is 3.01. The van der Waals surface area contributed by atoms with Crippen molar-refractivity contribution in [2.45, 2.75) is 39.0 Å². The van der Waals surface area contributed by atoms with Crippen LogP contribution in [0.1, 0.15) is 44.6 Å². The molecule has 0 aromatic heterocycles. The predicted molar refractivity (Wildman–Crippen MR) is 94.2 cm³/mol. The van der Waals surface area contributed by atoms with Gasteiger partial charge >= 0.3 is 0 Å². The third-order valence-corrected chi connectivity index (χ3v) is 4.38. The zero-order chi connectivity index (χ0) is 15.1. The molecule has 3 N–H and O–H groups in total. The lowest BCUT2D eigenvalue weighted by molar-refractivity contribution is -0.887. The first-order valence-corrected chi connectivity index (χ1v) is 8.54. The molecule has 0 bridgehead atoms.